The van der Waals surface area contributed by atoms with E-state index >= 15 is 0 Å². The topological polar surface area (TPSA) is 32.3 Å². The van der Waals surface area contributed by atoms with Crippen LogP contribution >= 0.6 is 0 Å². The fourth-order valence-electron chi connectivity index (χ4n) is 3.20. The molecule has 0 spiro atoms. The van der Waals surface area contributed by atoms with Crippen LogP contribution in [0.15, 0.2) is 12.4 Å². The third-order valence-electron chi connectivity index (χ3n) is 4.30. The molecule has 0 radical (unpaired) electrons. The van der Waals surface area contributed by atoms with Crippen LogP contribution in [-0.2, 0) is 0 Å². The summed E-state index contributed by atoms with van der Waals surface area (Å²) in [5.74, 6) is 3.01. The molecular weight excluding hydrogens is 236 g/mol. The van der Waals surface area contributed by atoms with Crippen molar-refractivity contribution in [1.82, 2.24) is 9.97 Å². The summed E-state index contributed by atoms with van der Waals surface area (Å²) < 4.78 is 0. The van der Waals surface area contributed by atoms with Crippen LogP contribution in [0.2, 0.25) is 0 Å². The molecule has 3 rings (SSSR count). The van der Waals surface area contributed by atoms with Crippen LogP contribution < -0.4 is 9.80 Å². The number of piperidine rings is 2. The maximum atomic E-state index is 4.48. The summed E-state index contributed by atoms with van der Waals surface area (Å²) in [7, 11) is 0. The van der Waals surface area contributed by atoms with Crippen molar-refractivity contribution in [3.8, 4) is 0 Å². The smallest absolute Gasteiger partial charge is 0.134 e. The maximum Gasteiger partial charge on any atom is 0.134 e. The lowest BCUT2D eigenvalue weighted by Crippen LogP contribution is -2.35. The first kappa shape index (κ1) is 12.7. The molecule has 0 aliphatic carbocycles. The number of nitrogens with zero attached hydrogens (tertiary/aromatic N) is 4. The SMILES string of the molecule is CC1CCCN(c2cc(N3CCCCC3)ncn2)C1. The molecule has 1 atom stereocenters. The average molecular weight is 260 g/mol. The Balaban J connectivity index is 1.75. The van der Waals surface area contributed by atoms with Crippen LogP contribution in [0.4, 0.5) is 11.6 Å². The van der Waals surface area contributed by atoms with Crippen LogP contribution in [0.5, 0.6) is 0 Å². The van der Waals surface area contributed by atoms with Gasteiger partial charge in [-0.1, -0.05) is 6.92 Å². The molecule has 0 N–H and O–H groups in total. The van der Waals surface area contributed by atoms with Gasteiger partial charge in [0.15, 0.2) is 0 Å². The van der Waals surface area contributed by atoms with Gasteiger partial charge >= 0.3 is 0 Å². The highest BCUT2D eigenvalue weighted by atomic mass is 15.2. The fraction of sp³-hybridized carbons (Fsp3) is 0.733. The van der Waals surface area contributed by atoms with Crippen LogP contribution in [0.1, 0.15) is 39.0 Å². The first-order valence-electron chi connectivity index (χ1n) is 7.65. The van der Waals surface area contributed by atoms with E-state index in [-0.39, 0.29) is 0 Å². The molecule has 2 saturated heterocycles. The van der Waals surface area contributed by atoms with E-state index in [9.17, 15) is 0 Å². The number of aromatic nitrogens is 2. The molecular formula is C15H24N4. The van der Waals surface area contributed by atoms with Crippen molar-refractivity contribution >= 4 is 11.6 Å². The second kappa shape index (κ2) is 5.76. The fourth-order valence-corrected chi connectivity index (χ4v) is 3.20. The number of hydrogen-bond acceptors (Lipinski definition) is 4. The van der Waals surface area contributed by atoms with Gasteiger partial charge < -0.3 is 9.80 Å². The van der Waals surface area contributed by atoms with Gasteiger partial charge in [-0.3, -0.25) is 0 Å². The summed E-state index contributed by atoms with van der Waals surface area (Å²) in [6.07, 6.45) is 8.31. The zero-order valence-electron chi connectivity index (χ0n) is 11.9. The Morgan fingerprint density at radius 3 is 2.37 bits per heavy atom. The molecule has 1 aromatic heterocycles. The second-order valence-electron chi connectivity index (χ2n) is 5.98. The molecule has 0 amide bonds. The molecule has 4 nitrogen and oxygen atoms in total. The van der Waals surface area contributed by atoms with E-state index in [1.54, 1.807) is 6.33 Å². The van der Waals surface area contributed by atoms with Crippen LogP contribution in [0.25, 0.3) is 0 Å². The lowest BCUT2D eigenvalue weighted by atomic mass is 10.0. The van der Waals surface area contributed by atoms with Gasteiger partial charge in [0.05, 0.1) is 0 Å². The summed E-state index contributed by atoms with van der Waals surface area (Å²) in [5.41, 5.74) is 0. The van der Waals surface area contributed by atoms with E-state index in [0.29, 0.717) is 0 Å². The Bertz CT molecular complexity index is 414. The Kier molecular flexibility index (Phi) is 3.85. The molecule has 1 unspecified atom stereocenters. The molecule has 0 bridgehead atoms. The Labute approximate surface area is 115 Å². The highest BCUT2D eigenvalue weighted by molar-refractivity contribution is 5.50. The highest BCUT2D eigenvalue weighted by Gasteiger charge is 2.19. The first-order valence-corrected chi connectivity index (χ1v) is 7.65. The lowest BCUT2D eigenvalue weighted by molar-refractivity contribution is 0.444. The van der Waals surface area contributed by atoms with Crippen molar-refractivity contribution in [1.29, 1.82) is 0 Å². The zero-order chi connectivity index (χ0) is 13.1. The van der Waals surface area contributed by atoms with Crippen molar-refractivity contribution in [2.45, 2.75) is 39.0 Å². The molecule has 1 aromatic rings. The van der Waals surface area contributed by atoms with Gasteiger partial charge in [0, 0.05) is 32.2 Å². The Morgan fingerprint density at radius 1 is 0.947 bits per heavy atom. The van der Waals surface area contributed by atoms with E-state index in [1.807, 2.05) is 0 Å². The first-order chi connectivity index (χ1) is 9.33. The monoisotopic (exact) mass is 260 g/mol. The van der Waals surface area contributed by atoms with Crippen molar-refractivity contribution in [2.75, 3.05) is 36.0 Å². The quantitative estimate of drug-likeness (QED) is 0.818. The zero-order valence-corrected chi connectivity index (χ0v) is 11.9. The van der Waals surface area contributed by atoms with E-state index in [0.717, 1.165) is 43.7 Å². The van der Waals surface area contributed by atoms with Crippen molar-refractivity contribution in [3.63, 3.8) is 0 Å². The summed E-state index contributed by atoms with van der Waals surface area (Å²) in [5, 5.41) is 0. The number of rotatable bonds is 2. The average Bonchev–Trinajstić information content (AvgIpc) is 2.48. The molecule has 2 aliphatic heterocycles. The van der Waals surface area contributed by atoms with Crippen molar-refractivity contribution in [3.05, 3.63) is 12.4 Å². The molecule has 2 fully saturated rings. The van der Waals surface area contributed by atoms with E-state index in [4.69, 9.17) is 0 Å². The largest absolute Gasteiger partial charge is 0.356 e. The van der Waals surface area contributed by atoms with E-state index < -0.39 is 0 Å². The second-order valence-corrected chi connectivity index (χ2v) is 5.98. The van der Waals surface area contributed by atoms with Gasteiger partial charge in [-0.05, 0) is 38.0 Å². The Morgan fingerprint density at radius 2 is 1.63 bits per heavy atom. The number of hydrogen-bond donors (Lipinski definition) is 0. The lowest BCUT2D eigenvalue weighted by Gasteiger charge is -2.33. The predicted molar refractivity (Wildman–Crippen MR) is 78.7 cm³/mol. The molecule has 19 heavy (non-hydrogen) atoms. The van der Waals surface area contributed by atoms with Gasteiger partial charge in [0.2, 0.25) is 0 Å². The third-order valence-corrected chi connectivity index (χ3v) is 4.30. The summed E-state index contributed by atoms with van der Waals surface area (Å²) >= 11 is 0. The molecule has 104 valence electrons. The molecule has 0 saturated carbocycles. The van der Waals surface area contributed by atoms with Gasteiger partial charge in [-0.15, -0.1) is 0 Å². The minimum Gasteiger partial charge on any atom is -0.356 e. The molecule has 0 aromatic carbocycles. The van der Waals surface area contributed by atoms with E-state index in [2.05, 4.69) is 32.8 Å². The minimum atomic E-state index is 0.780. The molecule has 3 heterocycles. The number of anilines is 2. The van der Waals surface area contributed by atoms with Crippen LogP contribution in [0.3, 0.4) is 0 Å². The summed E-state index contributed by atoms with van der Waals surface area (Å²) in [4.78, 5) is 13.8. The Hall–Kier alpha value is -1.32. The highest BCUT2D eigenvalue weighted by Crippen LogP contribution is 2.24. The van der Waals surface area contributed by atoms with Gasteiger partial charge in [0.25, 0.3) is 0 Å². The van der Waals surface area contributed by atoms with Gasteiger partial charge in [0.1, 0.15) is 18.0 Å². The van der Waals surface area contributed by atoms with Crippen molar-refractivity contribution < 1.29 is 0 Å². The third kappa shape index (κ3) is 2.99. The normalized spacial score (nSPS) is 24.6. The van der Waals surface area contributed by atoms with Gasteiger partial charge in [-0.2, -0.15) is 0 Å². The summed E-state index contributed by atoms with van der Waals surface area (Å²) in [6, 6.07) is 2.18. The predicted octanol–water partition coefficient (Wildman–Crippen LogP) is 2.70. The maximum absolute atomic E-state index is 4.48. The molecule has 2 aliphatic rings. The molecule has 4 heteroatoms. The van der Waals surface area contributed by atoms with Crippen LogP contribution in [-0.4, -0.2) is 36.1 Å². The standard InChI is InChI=1S/C15H24N4/c1-13-6-5-9-19(11-13)15-10-14(16-12-17-15)18-7-3-2-4-8-18/h10,12-13H,2-9,11H2,1H3. The van der Waals surface area contributed by atoms with Gasteiger partial charge in [-0.25, -0.2) is 9.97 Å². The summed E-state index contributed by atoms with van der Waals surface area (Å²) in [6.45, 7) is 6.90. The minimum absolute atomic E-state index is 0.780. The van der Waals surface area contributed by atoms with Crippen LogP contribution in [0, 0.1) is 5.92 Å². The van der Waals surface area contributed by atoms with Crippen molar-refractivity contribution in [2.24, 2.45) is 5.92 Å². The van der Waals surface area contributed by atoms with E-state index in [1.165, 1.54) is 32.1 Å².